The summed E-state index contributed by atoms with van der Waals surface area (Å²) in [5.41, 5.74) is 3.24. The van der Waals surface area contributed by atoms with E-state index in [2.05, 4.69) is 38.0 Å². The SMILES string of the molecule is Cc1ncc(-c2cccc(Br)c2)c(C)n1. The fourth-order valence-electron chi connectivity index (χ4n) is 1.52. The summed E-state index contributed by atoms with van der Waals surface area (Å²) in [6.45, 7) is 3.91. The van der Waals surface area contributed by atoms with Gasteiger partial charge in [0.15, 0.2) is 0 Å². The number of hydrogen-bond donors (Lipinski definition) is 0. The van der Waals surface area contributed by atoms with Crippen LogP contribution in [0.3, 0.4) is 0 Å². The number of aromatic nitrogens is 2. The van der Waals surface area contributed by atoms with Crippen LogP contribution in [0.1, 0.15) is 11.5 Å². The molecular weight excluding hydrogens is 252 g/mol. The fraction of sp³-hybridized carbons (Fsp3) is 0.167. The van der Waals surface area contributed by atoms with Gasteiger partial charge < -0.3 is 0 Å². The van der Waals surface area contributed by atoms with Crippen LogP contribution < -0.4 is 0 Å². The fourth-order valence-corrected chi connectivity index (χ4v) is 1.92. The highest BCUT2D eigenvalue weighted by Crippen LogP contribution is 2.24. The first-order chi connectivity index (χ1) is 7.16. The van der Waals surface area contributed by atoms with Gasteiger partial charge in [-0.1, -0.05) is 28.1 Å². The van der Waals surface area contributed by atoms with Gasteiger partial charge in [0.05, 0.1) is 0 Å². The van der Waals surface area contributed by atoms with E-state index in [0.29, 0.717) is 0 Å². The average molecular weight is 263 g/mol. The molecule has 2 aromatic rings. The number of benzene rings is 1. The molecule has 0 N–H and O–H groups in total. The summed E-state index contributed by atoms with van der Waals surface area (Å²) in [6, 6.07) is 8.15. The zero-order valence-corrected chi connectivity index (χ0v) is 10.2. The molecule has 0 saturated heterocycles. The molecule has 0 amide bonds. The van der Waals surface area contributed by atoms with Crippen molar-refractivity contribution in [1.29, 1.82) is 0 Å². The third kappa shape index (κ3) is 2.23. The zero-order chi connectivity index (χ0) is 10.8. The van der Waals surface area contributed by atoms with Crippen molar-refractivity contribution in [1.82, 2.24) is 9.97 Å². The van der Waals surface area contributed by atoms with Crippen LogP contribution in [0.4, 0.5) is 0 Å². The van der Waals surface area contributed by atoms with Gasteiger partial charge >= 0.3 is 0 Å². The molecular formula is C12H11BrN2. The summed E-state index contributed by atoms with van der Waals surface area (Å²) in [5, 5.41) is 0. The van der Waals surface area contributed by atoms with Gasteiger partial charge in [-0.05, 0) is 31.5 Å². The molecule has 0 aliphatic rings. The van der Waals surface area contributed by atoms with Crippen molar-refractivity contribution in [2.24, 2.45) is 0 Å². The van der Waals surface area contributed by atoms with E-state index in [1.807, 2.05) is 32.2 Å². The Morgan fingerprint density at radius 3 is 2.67 bits per heavy atom. The lowest BCUT2D eigenvalue weighted by atomic mass is 10.1. The first-order valence-corrected chi connectivity index (χ1v) is 5.52. The zero-order valence-electron chi connectivity index (χ0n) is 8.66. The molecule has 2 rings (SSSR count). The molecule has 0 spiro atoms. The van der Waals surface area contributed by atoms with Gasteiger partial charge in [0.1, 0.15) is 5.82 Å². The number of aryl methyl sites for hydroxylation is 2. The predicted molar refractivity (Wildman–Crippen MR) is 64.6 cm³/mol. The van der Waals surface area contributed by atoms with Crippen LogP contribution in [-0.2, 0) is 0 Å². The molecule has 1 aromatic carbocycles. The minimum Gasteiger partial charge on any atom is -0.241 e. The number of nitrogens with zero attached hydrogens (tertiary/aromatic N) is 2. The molecule has 0 saturated carbocycles. The van der Waals surface area contributed by atoms with E-state index < -0.39 is 0 Å². The Morgan fingerprint density at radius 1 is 1.20 bits per heavy atom. The standard InChI is InChI=1S/C12H11BrN2/c1-8-12(7-14-9(2)15-8)10-4-3-5-11(13)6-10/h3-7H,1-2H3. The summed E-state index contributed by atoms with van der Waals surface area (Å²) in [5.74, 6) is 0.811. The normalized spacial score (nSPS) is 10.3. The van der Waals surface area contributed by atoms with Crippen LogP contribution >= 0.6 is 15.9 Å². The highest BCUT2D eigenvalue weighted by Gasteiger charge is 2.03. The topological polar surface area (TPSA) is 25.8 Å². The average Bonchev–Trinajstić information content (AvgIpc) is 2.17. The third-order valence-corrected chi connectivity index (χ3v) is 2.73. The smallest absolute Gasteiger partial charge is 0.125 e. The van der Waals surface area contributed by atoms with Gasteiger partial charge in [-0.25, -0.2) is 9.97 Å². The molecule has 15 heavy (non-hydrogen) atoms. The number of rotatable bonds is 1. The minimum atomic E-state index is 0.811. The molecule has 0 aliphatic carbocycles. The van der Waals surface area contributed by atoms with Crippen molar-refractivity contribution in [3.63, 3.8) is 0 Å². The molecule has 0 atom stereocenters. The Bertz CT molecular complexity index is 495. The lowest BCUT2D eigenvalue weighted by Crippen LogP contribution is -1.93. The third-order valence-electron chi connectivity index (χ3n) is 2.24. The lowest BCUT2D eigenvalue weighted by molar-refractivity contribution is 1.01. The van der Waals surface area contributed by atoms with Gasteiger partial charge in [-0.15, -0.1) is 0 Å². The molecule has 0 fully saturated rings. The first kappa shape index (κ1) is 10.3. The molecule has 0 bridgehead atoms. The van der Waals surface area contributed by atoms with E-state index in [1.54, 1.807) is 0 Å². The highest BCUT2D eigenvalue weighted by atomic mass is 79.9. The van der Waals surface area contributed by atoms with Gasteiger partial charge in [-0.2, -0.15) is 0 Å². The van der Waals surface area contributed by atoms with Crippen LogP contribution in [0.5, 0.6) is 0 Å². The second kappa shape index (κ2) is 4.11. The minimum absolute atomic E-state index is 0.811. The largest absolute Gasteiger partial charge is 0.241 e. The molecule has 0 radical (unpaired) electrons. The number of halogens is 1. The summed E-state index contributed by atoms with van der Waals surface area (Å²) >= 11 is 3.46. The van der Waals surface area contributed by atoms with Crippen LogP contribution in [0, 0.1) is 13.8 Å². The van der Waals surface area contributed by atoms with Crippen LogP contribution in [0.15, 0.2) is 34.9 Å². The summed E-state index contributed by atoms with van der Waals surface area (Å²) in [4.78, 5) is 8.57. The maximum atomic E-state index is 4.35. The molecule has 0 aliphatic heterocycles. The molecule has 1 heterocycles. The van der Waals surface area contributed by atoms with Crippen LogP contribution in [0.2, 0.25) is 0 Å². The van der Waals surface area contributed by atoms with E-state index >= 15 is 0 Å². The van der Waals surface area contributed by atoms with Crippen molar-refractivity contribution >= 4 is 15.9 Å². The quantitative estimate of drug-likeness (QED) is 0.786. The Balaban J connectivity index is 2.54. The Labute approximate surface area is 97.5 Å². The summed E-state index contributed by atoms with van der Waals surface area (Å²) in [7, 11) is 0. The monoisotopic (exact) mass is 262 g/mol. The second-order valence-electron chi connectivity index (χ2n) is 3.43. The van der Waals surface area contributed by atoms with Crippen LogP contribution in [-0.4, -0.2) is 9.97 Å². The molecule has 76 valence electrons. The Morgan fingerprint density at radius 2 is 2.00 bits per heavy atom. The van der Waals surface area contributed by atoms with Crippen LogP contribution in [0.25, 0.3) is 11.1 Å². The van der Waals surface area contributed by atoms with E-state index in [0.717, 1.165) is 27.1 Å². The Kier molecular flexibility index (Phi) is 2.82. The maximum absolute atomic E-state index is 4.35. The van der Waals surface area contributed by atoms with Gasteiger partial charge in [0.25, 0.3) is 0 Å². The maximum Gasteiger partial charge on any atom is 0.125 e. The van der Waals surface area contributed by atoms with E-state index in [-0.39, 0.29) is 0 Å². The van der Waals surface area contributed by atoms with Crippen molar-refractivity contribution in [2.45, 2.75) is 13.8 Å². The van der Waals surface area contributed by atoms with E-state index in [1.165, 1.54) is 0 Å². The van der Waals surface area contributed by atoms with Gasteiger partial charge in [-0.3, -0.25) is 0 Å². The van der Waals surface area contributed by atoms with Crippen molar-refractivity contribution < 1.29 is 0 Å². The van der Waals surface area contributed by atoms with Gasteiger partial charge in [0, 0.05) is 21.9 Å². The lowest BCUT2D eigenvalue weighted by Gasteiger charge is -2.05. The molecule has 2 nitrogen and oxygen atoms in total. The van der Waals surface area contributed by atoms with Crippen molar-refractivity contribution in [3.8, 4) is 11.1 Å². The molecule has 3 heteroatoms. The van der Waals surface area contributed by atoms with Crippen molar-refractivity contribution in [2.75, 3.05) is 0 Å². The van der Waals surface area contributed by atoms with Gasteiger partial charge in [0.2, 0.25) is 0 Å². The molecule has 1 aromatic heterocycles. The first-order valence-electron chi connectivity index (χ1n) is 4.73. The molecule has 0 unspecified atom stereocenters. The summed E-state index contributed by atoms with van der Waals surface area (Å²) < 4.78 is 1.07. The van der Waals surface area contributed by atoms with E-state index in [9.17, 15) is 0 Å². The van der Waals surface area contributed by atoms with E-state index in [4.69, 9.17) is 0 Å². The Hall–Kier alpha value is -1.22. The van der Waals surface area contributed by atoms with Crippen molar-refractivity contribution in [3.05, 3.63) is 46.5 Å². The number of hydrogen-bond acceptors (Lipinski definition) is 2. The highest BCUT2D eigenvalue weighted by molar-refractivity contribution is 9.10. The second-order valence-corrected chi connectivity index (χ2v) is 4.34. The predicted octanol–water partition coefficient (Wildman–Crippen LogP) is 3.52. The summed E-state index contributed by atoms with van der Waals surface area (Å²) in [6.07, 6.45) is 1.87.